The average Bonchev–Trinajstić information content (AvgIpc) is 3.32. The van der Waals surface area contributed by atoms with E-state index >= 15 is 0 Å². The first-order valence-electron chi connectivity index (χ1n) is 15.1. The fourth-order valence-electron chi connectivity index (χ4n) is 5.32. The van der Waals surface area contributed by atoms with Gasteiger partial charge in [0.05, 0.1) is 41.5 Å². The Morgan fingerprint density at radius 3 is 2.77 bits per heavy atom. The average molecular weight is 601 g/mol. The second-order valence-electron chi connectivity index (χ2n) is 13.4. The molecule has 1 atom stereocenters. The fourth-order valence-corrected chi connectivity index (χ4v) is 6.43. The van der Waals surface area contributed by atoms with E-state index in [1.165, 1.54) is 0 Å². The van der Waals surface area contributed by atoms with Gasteiger partial charge in [0.25, 0.3) is 0 Å². The number of pyridine rings is 1. The topological polar surface area (TPSA) is 114 Å². The molecule has 2 aliphatic heterocycles. The molecule has 0 unspecified atom stereocenters. The van der Waals surface area contributed by atoms with Crippen molar-refractivity contribution in [2.75, 3.05) is 44.1 Å². The maximum Gasteiger partial charge on any atom is 0.227 e. The second-order valence-corrected chi connectivity index (χ2v) is 18.2. The van der Waals surface area contributed by atoms with E-state index < -0.39 is 8.32 Å². The molecule has 0 amide bonds. The molecule has 0 bridgehead atoms. The standard InChI is InChI=1S/C33H44N6O3Si/c1-32(2,3)43(6,7)42-21-33(4)20-36-30-23(18-34)15-22(16-25(30)33)26-10-12-35-31(38-26)39-29-17-24-19-41-14-11-27(24)37-28(29)9-8-13-40-5/h10,12,15-17,36H,8-9,11,13-14,19-21H2,1-7H3,(H,35,38,39)/t33-/m1/s1. The predicted molar refractivity (Wildman–Crippen MR) is 172 cm³/mol. The van der Waals surface area contributed by atoms with Gasteiger partial charge in [0.2, 0.25) is 5.95 Å². The lowest BCUT2D eigenvalue weighted by molar-refractivity contribution is 0.109. The molecule has 43 heavy (non-hydrogen) atoms. The molecule has 0 spiro atoms. The van der Waals surface area contributed by atoms with E-state index in [1.54, 1.807) is 13.3 Å². The molecular weight excluding hydrogens is 556 g/mol. The van der Waals surface area contributed by atoms with Crippen molar-refractivity contribution in [1.29, 1.82) is 5.26 Å². The van der Waals surface area contributed by atoms with Crippen LogP contribution in [-0.4, -0.2) is 56.7 Å². The van der Waals surface area contributed by atoms with E-state index in [2.05, 4.69) is 74.6 Å². The molecule has 0 saturated heterocycles. The van der Waals surface area contributed by atoms with Gasteiger partial charge >= 0.3 is 0 Å². The number of methoxy groups -OCH3 is 1. The summed E-state index contributed by atoms with van der Waals surface area (Å²) in [4.78, 5) is 14.4. The Kier molecular flexibility index (Phi) is 8.91. The molecule has 2 N–H and O–H groups in total. The number of fused-ring (bicyclic) bond motifs is 2. The molecule has 0 fully saturated rings. The van der Waals surface area contributed by atoms with E-state index in [0.29, 0.717) is 44.5 Å². The summed E-state index contributed by atoms with van der Waals surface area (Å²) in [6, 6.07) is 10.5. The molecule has 0 aliphatic carbocycles. The number of anilines is 3. The van der Waals surface area contributed by atoms with E-state index in [4.69, 9.17) is 23.9 Å². The Morgan fingerprint density at radius 2 is 2.02 bits per heavy atom. The SMILES string of the molecule is COCCCc1nc2c(cc1Nc1nccc(-c3cc(C#N)c4c(c3)[C@@](C)(CO[Si](C)(C)C(C)(C)C)CN4)n1)COCC2. The van der Waals surface area contributed by atoms with Crippen LogP contribution in [0.1, 0.15) is 62.2 Å². The van der Waals surface area contributed by atoms with Gasteiger partial charge < -0.3 is 24.5 Å². The molecule has 5 rings (SSSR count). The molecule has 2 aromatic heterocycles. The van der Waals surface area contributed by atoms with Crippen LogP contribution >= 0.6 is 0 Å². The smallest absolute Gasteiger partial charge is 0.227 e. The Morgan fingerprint density at radius 1 is 1.21 bits per heavy atom. The summed E-state index contributed by atoms with van der Waals surface area (Å²) in [7, 11) is -0.236. The largest absolute Gasteiger partial charge is 0.416 e. The van der Waals surface area contributed by atoms with Crippen molar-refractivity contribution in [2.45, 2.75) is 77.1 Å². The van der Waals surface area contributed by atoms with Gasteiger partial charge in [0.15, 0.2) is 8.32 Å². The molecule has 9 nitrogen and oxygen atoms in total. The van der Waals surface area contributed by atoms with Crippen molar-refractivity contribution in [3.05, 3.63) is 58.5 Å². The predicted octanol–water partition coefficient (Wildman–Crippen LogP) is 6.51. The van der Waals surface area contributed by atoms with Crippen molar-refractivity contribution >= 4 is 25.6 Å². The molecule has 0 saturated carbocycles. The number of aromatic nitrogens is 3. The van der Waals surface area contributed by atoms with Crippen LogP contribution in [-0.2, 0) is 38.8 Å². The number of rotatable bonds is 10. The minimum absolute atomic E-state index is 0.118. The quantitative estimate of drug-likeness (QED) is 0.198. The normalized spacial score (nSPS) is 18.0. The molecule has 228 valence electrons. The summed E-state index contributed by atoms with van der Waals surface area (Å²) >= 11 is 0. The van der Waals surface area contributed by atoms with Gasteiger partial charge in [-0.15, -0.1) is 0 Å². The second kappa shape index (κ2) is 12.3. The maximum absolute atomic E-state index is 10.1. The first kappa shape index (κ1) is 31.1. The summed E-state index contributed by atoms with van der Waals surface area (Å²) in [5.41, 5.74) is 7.97. The summed E-state index contributed by atoms with van der Waals surface area (Å²) in [6.07, 6.45) is 4.21. The Bertz CT molecular complexity index is 1530. The summed E-state index contributed by atoms with van der Waals surface area (Å²) in [5, 5.41) is 17.1. The first-order chi connectivity index (χ1) is 20.4. The number of nitriles is 1. The van der Waals surface area contributed by atoms with Crippen LogP contribution in [0.4, 0.5) is 17.3 Å². The van der Waals surface area contributed by atoms with E-state index in [9.17, 15) is 5.26 Å². The molecule has 4 heterocycles. The molecule has 2 aliphatic rings. The zero-order chi connectivity index (χ0) is 30.8. The number of benzene rings is 1. The highest BCUT2D eigenvalue weighted by Gasteiger charge is 2.42. The number of hydrogen-bond acceptors (Lipinski definition) is 9. The summed E-state index contributed by atoms with van der Waals surface area (Å²) in [5.74, 6) is 0.477. The van der Waals surface area contributed by atoms with E-state index in [-0.39, 0.29) is 10.5 Å². The monoisotopic (exact) mass is 600 g/mol. The van der Waals surface area contributed by atoms with Gasteiger partial charge in [0.1, 0.15) is 6.07 Å². The lowest BCUT2D eigenvalue weighted by Gasteiger charge is -2.39. The Labute approximate surface area is 256 Å². The Hall–Kier alpha value is -3.36. The van der Waals surface area contributed by atoms with Crippen molar-refractivity contribution in [1.82, 2.24) is 15.0 Å². The van der Waals surface area contributed by atoms with Gasteiger partial charge in [-0.3, -0.25) is 4.98 Å². The van der Waals surface area contributed by atoms with E-state index in [0.717, 1.165) is 64.4 Å². The van der Waals surface area contributed by atoms with Crippen molar-refractivity contribution < 1.29 is 13.9 Å². The van der Waals surface area contributed by atoms with Crippen molar-refractivity contribution in [2.24, 2.45) is 0 Å². The summed E-state index contributed by atoms with van der Waals surface area (Å²) in [6.45, 7) is 16.8. The minimum atomic E-state index is -1.95. The van der Waals surface area contributed by atoms with Crippen LogP contribution in [0.5, 0.6) is 0 Å². The van der Waals surface area contributed by atoms with Crippen LogP contribution in [0.3, 0.4) is 0 Å². The Balaban J connectivity index is 1.45. The zero-order valence-corrected chi connectivity index (χ0v) is 27.6. The third-order valence-electron chi connectivity index (χ3n) is 9.09. The third-order valence-corrected chi connectivity index (χ3v) is 13.6. The van der Waals surface area contributed by atoms with Crippen molar-refractivity contribution in [3.63, 3.8) is 0 Å². The molecule has 10 heteroatoms. The highest BCUT2D eigenvalue weighted by Crippen LogP contribution is 2.44. The molecule has 3 aromatic rings. The van der Waals surface area contributed by atoms with Crippen LogP contribution in [0.2, 0.25) is 18.1 Å². The van der Waals surface area contributed by atoms with Gasteiger partial charge in [-0.1, -0.05) is 27.7 Å². The lowest BCUT2D eigenvalue weighted by atomic mass is 9.83. The maximum atomic E-state index is 10.1. The number of nitrogens with zero attached hydrogens (tertiary/aromatic N) is 4. The van der Waals surface area contributed by atoms with Crippen molar-refractivity contribution in [3.8, 4) is 17.3 Å². The lowest BCUT2D eigenvalue weighted by Crippen LogP contribution is -2.45. The van der Waals surface area contributed by atoms with Gasteiger partial charge in [0, 0.05) is 61.7 Å². The molecular formula is C33H44N6O3Si. The number of hydrogen-bond donors (Lipinski definition) is 2. The zero-order valence-electron chi connectivity index (χ0n) is 26.6. The van der Waals surface area contributed by atoms with Gasteiger partial charge in [-0.05, 0) is 60.8 Å². The first-order valence-corrected chi connectivity index (χ1v) is 18.0. The number of aryl methyl sites for hydroxylation is 1. The van der Waals surface area contributed by atoms with Crippen LogP contribution in [0.25, 0.3) is 11.3 Å². The van der Waals surface area contributed by atoms with Crippen LogP contribution < -0.4 is 10.6 Å². The van der Waals surface area contributed by atoms with Crippen LogP contribution in [0, 0.1) is 11.3 Å². The number of nitrogens with one attached hydrogen (secondary N) is 2. The van der Waals surface area contributed by atoms with Gasteiger partial charge in [-0.25, -0.2) is 9.97 Å². The highest BCUT2D eigenvalue weighted by molar-refractivity contribution is 6.74. The summed E-state index contributed by atoms with van der Waals surface area (Å²) < 4.78 is 17.7. The third kappa shape index (κ3) is 6.60. The molecule has 1 aromatic carbocycles. The highest BCUT2D eigenvalue weighted by atomic mass is 28.4. The number of ether oxygens (including phenoxy) is 2. The van der Waals surface area contributed by atoms with Gasteiger partial charge in [-0.2, -0.15) is 5.26 Å². The molecule has 0 radical (unpaired) electrons. The minimum Gasteiger partial charge on any atom is -0.416 e. The van der Waals surface area contributed by atoms with E-state index in [1.807, 2.05) is 12.1 Å². The fraction of sp³-hybridized carbons (Fsp3) is 0.515. The van der Waals surface area contributed by atoms with Crippen LogP contribution in [0.15, 0.2) is 30.5 Å².